The number of fused-ring (bicyclic) bond motifs is 15. The summed E-state index contributed by atoms with van der Waals surface area (Å²) in [5.41, 5.74) is 0.919. The van der Waals surface area contributed by atoms with Crippen LogP contribution in [0.3, 0.4) is 0 Å². The number of phenols is 3. The minimum atomic E-state index is -2.51. The van der Waals surface area contributed by atoms with Crippen molar-refractivity contribution in [2.75, 3.05) is 40.0 Å². The van der Waals surface area contributed by atoms with E-state index < -0.39 is 321 Å². The van der Waals surface area contributed by atoms with Crippen molar-refractivity contribution < 1.29 is 157 Å². The number of aldehydes is 1. The molecule has 0 saturated carbocycles. The van der Waals surface area contributed by atoms with Crippen LogP contribution in [-0.4, -0.2) is 286 Å². The van der Waals surface area contributed by atoms with E-state index in [9.17, 15) is 95.5 Å². The molecule has 734 valence electrons. The topological polar surface area (TPSA) is 682 Å². The molecule has 0 spiro atoms. The quantitative estimate of drug-likeness (QED) is 0.0183. The molecule has 7 aliphatic rings. The van der Waals surface area contributed by atoms with Crippen molar-refractivity contribution >= 4 is 88.6 Å². The van der Waals surface area contributed by atoms with Gasteiger partial charge in [-0.15, -0.1) is 0 Å². The highest BCUT2D eigenvalue weighted by Crippen LogP contribution is 2.50. The van der Waals surface area contributed by atoms with Crippen molar-refractivity contribution in [3.05, 3.63) is 117 Å². The van der Waals surface area contributed by atoms with Crippen LogP contribution in [-0.2, 0) is 71.7 Å². The van der Waals surface area contributed by atoms with E-state index in [-0.39, 0.29) is 43.8 Å². The van der Waals surface area contributed by atoms with Gasteiger partial charge in [0.2, 0.25) is 65.2 Å². The molecule has 12 rings (SSSR count). The molecule has 7 aliphatic heterocycles. The Balaban J connectivity index is 1.14. The number of ether oxygens (including phenoxy) is 7. The molecule has 9 amide bonds. The minimum Gasteiger partial charge on any atom is -0.508 e. The third-order valence-electron chi connectivity index (χ3n) is 23.7. The number of aliphatic hydroxyl groups excluding tert-OH is 10. The average molecular weight is 1920 g/mol. The van der Waals surface area contributed by atoms with Gasteiger partial charge in [-0.3, -0.25) is 43.2 Å². The molecule has 0 aromatic heterocycles. The average Bonchev–Trinajstić information content (AvgIpc) is 0.758. The van der Waals surface area contributed by atoms with Crippen LogP contribution in [0, 0.1) is 5.92 Å². The first-order valence-corrected chi connectivity index (χ1v) is 44.6. The molecule has 26 N–H and O–H groups in total. The number of nitrogens with two attached hydrogens (primary N) is 1. The van der Waals surface area contributed by atoms with Gasteiger partial charge < -0.3 is 168 Å². The smallest absolute Gasteiger partial charge is 0.326 e. The maximum absolute atomic E-state index is 16.5. The van der Waals surface area contributed by atoms with Crippen LogP contribution in [0.15, 0.2) is 78.9 Å². The minimum absolute atomic E-state index is 0.0498. The Morgan fingerprint density at radius 2 is 1.30 bits per heavy atom. The predicted molar refractivity (Wildman–Crippen MR) is 471 cm³/mol. The second-order valence-electron chi connectivity index (χ2n) is 34.2. The van der Waals surface area contributed by atoms with Crippen LogP contribution in [0.5, 0.6) is 46.0 Å². The molecule has 45 heteroatoms. The molecule has 134 heavy (non-hydrogen) atoms. The standard InChI is InChI=1S/C89H117Cl2N11O32/c1-7-8-9-10-11-12-13-14-24-128-25-23-94-89(5)35-64(129-40(4)79(89)118)133-78-76(117)75(116)61(38-105)132-88(78)134-77-59-30-44-31-60(77)131-58-21-17-43(29-49(58)91)72(113)70-86(125)100-68(84(123)96-50(87(126)127)18-22-63(111)95-53(36-103)73(114)74(115)56(109)37-104)47-32-45(106)33-55(108)65(47)46-27-41(15-19-54(46)107)66(82(121)102-70)99-83(122)67(44)98-81(120)52(34-62(92)110)97-85(124)69(101-80(119)51(93-6)26-39(2)3)71(112)42-16-20-57(130-59)48(90)28-42/h15-17,19-21,27-33,36,39-40,50-53,56,61,64,66-76,78-79,88,93-94,104-109,112-118H,7-14,18,22-26,34-35,37-38H2,1-6H3,(H2,92,110)(H,95,111)(H,96,123)(H,97,124)(H,98,120)(H,99,122)(H,100,125)(H,101,119)(H,102,121)(H,126,127)/t40-,50-,51+,52-,53-,56+,61+,64-,66+,67+,68-,69+,70-,71+,72+,73+,74+,75+,76-,78+,79+,88-,89-/m0/s1. The van der Waals surface area contributed by atoms with E-state index in [1.54, 1.807) is 27.7 Å². The Hall–Kier alpha value is -10.8. The van der Waals surface area contributed by atoms with Gasteiger partial charge in [0.1, 0.15) is 132 Å². The molecule has 43 nitrogen and oxygen atoms in total. The van der Waals surface area contributed by atoms with Crippen molar-refractivity contribution in [1.29, 1.82) is 0 Å². The van der Waals surface area contributed by atoms with E-state index in [2.05, 4.69) is 54.8 Å². The van der Waals surface area contributed by atoms with E-state index in [4.69, 9.17) is 62.1 Å². The normalized spacial score (nSPS) is 26.2. The highest BCUT2D eigenvalue weighted by Gasteiger charge is 2.53. The second-order valence-corrected chi connectivity index (χ2v) is 35.0. The number of carboxylic acid groups (broad SMARTS) is 1. The highest BCUT2D eigenvalue weighted by atomic mass is 35.5. The Labute approximate surface area is 778 Å². The van der Waals surface area contributed by atoms with Crippen LogP contribution in [0.4, 0.5) is 0 Å². The molecule has 0 unspecified atom stereocenters. The van der Waals surface area contributed by atoms with Crippen LogP contribution >= 0.6 is 23.2 Å². The maximum atomic E-state index is 16.5. The van der Waals surface area contributed by atoms with Crippen molar-refractivity contribution in [2.45, 2.75) is 258 Å². The van der Waals surface area contributed by atoms with E-state index >= 15 is 28.8 Å². The molecule has 0 aliphatic carbocycles. The molecule has 11 bridgehead atoms. The summed E-state index contributed by atoms with van der Waals surface area (Å²) in [4.78, 5) is 160. The fourth-order valence-corrected chi connectivity index (χ4v) is 16.7. The summed E-state index contributed by atoms with van der Waals surface area (Å²) in [5.74, 6) is -20.2. The summed E-state index contributed by atoms with van der Waals surface area (Å²) in [5, 5.41) is 182. The van der Waals surface area contributed by atoms with Crippen LogP contribution in [0.2, 0.25) is 10.0 Å². The van der Waals surface area contributed by atoms with Crippen LogP contribution < -0.4 is 73.1 Å². The summed E-state index contributed by atoms with van der Waals surface area (Å²) in [6, 6.07) is -6.47. The Kier molecular flexibility index (Phi) is 37.4. The summed E-state index contributed by atoms with van der Waals surface area (Å²) >= 11 is 14.4. The van der Waals surface area contributed by atoms with Gasteiger partial charge >= 0.3 is 5.97 Å². The summed E-state index contributed by atoms with van der Waals surface area (Å²) in [6.45, 7) is 7.84. The second kappa shape index (κ2) is 47.6. The van der Waals surface area contributed by atoms with Crippen LogP contribution in [0.1, 0.15) is 176 Å². The van der Waals surface area contributed by atoms with Crippen molar-refractivity contribution in [3.8, 4) is 57.1 Å². The molecule has 0 radical (unpaired) electrons. The molecular weight excluding hydrogens is 1810 g/mol. The third kappa shape index (κ3) is 26.1. The van der Waals surface area contributed by atoms with Gasteiger partial charge in [-0.2, -0.15) is 0 Å². The molecule has 7 heterocycles. The first-order valence-electron chi connectivity index (χ1n) is 43.8. The number of hydrogen-bond acceptors (Lipinski definition) is 33. The number of likely N-dealkylation sites (N-methyl/N-ethyl adjacent to an activating group) is 1. The summed E-state index contributed by atoms with van der Waals surface area (Å²) in [6.07, 6.45) is -18.9. The van der Waals surface area contributed by atoms with Gasteiger partial charge in [0, 0.05) is 48.7 Å². The lowest BCUT2D eigenvalue weighted by Gasteiger charge is -2.48. The monoisotopic (exact) mass is 1920 g/mol. The van der Waals surface area contributed by atoms with Gasteiger partial charge in [-0.25, -0.2) is 4.79 Å². The number of benzene rings is 5. The van der Waals surface area contributed by atoms with E-state index in [1.165, 1.54) is 32.0 Å². The number of amides is 9. The van der Waals surface area contributed by atoms with Gasteiger partial charge in [-0.1, -0.05) is 107 Å². The molecule has 5 aromatic carbocycles. The Morgan fingerprint density at radius 3 is 1.90 bits per heavy atom. The Bertz CT molecular complexity index is 5020. The number of carbonyl (C=O) groups excluding carboxylic acids is 10. The van der Waals surface area contributed by atoms with Gasteiger partial charge in [-0.05, 0) is 128 Å². The number of nitrogens with one attached hydrogen (secondary N) is 10. The van der Waals surface area contributed by atoms with Gasteiger partial charge in [0.05, 0.1) is 54.5 Å². The van der Waals surface area contributed by atoms with Gasteiger partial charge in [0.25, 0.3) is 0 Å². The number of unbranched alkanes of at least 4 members (excludes halogenated alkanes) is 7. The SMILES string of the molecule is CCCCCCCCCCOCCN[C@@]1(C)C[C@H](O[C@H]2[C@H](Oc3c4cc5cc3Oc3ccc(cc3Cl)[C@@H](O)[C@@H](NC(=O)[C@@H](CC(C)C)NC)C(=O)N[C@@H](CC(N)=O)C(=O)N[C@H]5C(=O)N[C@H]3C(=O)N[C@H](C(=O)N[C@H](C(=O)N[C@@H](CCC(=O)N[C@@H](C=O)[C@@H](O)[C@H](O)[C@H](O)CO)C(=O)O)c5cc(O)cc(O)c5-c5cc3ccc5O)[C@H](O)c3ccc(c(Cl)c3)O4)O[C@H](CO)[C@@H](O)[C@@H]2O)O[C@@H](C)[C@H]1O. The lowest BCUT2D eigenvalue weighted by atomic mass is 9.85. The first kappa shape index (κ1) is 105. The fraction of sp³-hybridized carbons (Fsp3) is 0.539. The highest BCUT2D eigenvalue weighted by molar-refractivity contribution is 6.32. The molecule has 2 saturated heterocycles. The van der Waals surface area contributed by atoms with Crippen molar-refractivity contribution in [1.82, 2.24) is 53.2 Å². The fourth-order valence-electron chi connectivity index (χ4n) is 16.3. The zero-order chi connectivity index (χ0) is 98.0. The number of rotatable bonds is 37. The number of halogens is 2. The van der Waals surface area contributed by atoms with E-state index in [0.29, 0.717) is 12.7 Å². The first-order chi connectivity index (χ1) is 63.6. The van der Waals surface area contributed by atoms with E-state index in [1.807, 2.05) is 5.32 Å². The van der Waals surface area contributed by atoms with Crippen molar-refractivity contribution in [2.24, 2.45) is 11.7 Å². The number of aromatic hydroxyl groups is 3. The van der Waals surface area contributed by atoms with Gasteiger partial charge in [0.15, 0.2) is 23.9 Å². The number of primary amides is 1. The zero-order valence-corrected chi connectivity index (χ0v) is 75.5. The molecule has 23 atom stereocenters. The molecular formula is C89H117Cl2N11O32. The molecule has 2 fully saturated rings. The number of carboxylic acids is 1. The predicted octanol–water partition coefficient (Wildman–Crippen LogP) is -0.0819. The number of phenolic OH excluding ortho intramolecular Hbond substituents is 3. The zero-order valence-electron chi connectivity index (χ0n) is 74.0. The number of hydrogen-bond donors (Lipinski definition) is 25. The third-order valence-corrected chi connectivity index (χ3v) is 24.3. The number of aliphatic hydroxyl groups is 10. The summed E-state index contributed by atoms with van der Waals surface area (Å²) < 4.78 is 45.5. The van der Waals surface area contributed by atoms with Crippen LogP contribution in [0.25, 0.3) is 11.1 Å². The van der Waals surface area contributed by atoms with E-state index in [0.717, 1.165) is 99.2 Å². The lowest BCUT2D eigenvalue weighted by molar-refractivity contribution is -0.334. The van der Waals surface area contributed by atoms with Crippen molar-refractivity contribution in [3.63, 3.8) is 0 Å². The largest absolute Gasteiger partial charge is 0.508 e. The lowest BCUT2D eigenvalue weighted by Crippen LogP contribution is -2.65. The molecule has 5 aromatic rings. The summed E-state index contributed by atoms with van der Waals surface area (Å²) in [7, 11) is 1.45. The maximum Gasteiger partial charge on any atom is 0.326 e. The Morgan fingerprint density at radius 1 is 0.679 bits per heavy atom. The number of carbonyl (C=O) groups is 11. The number of aliphatic carboxylic acids is 1.